The molecule has 0 aromatic heterocycles. The molecule has 0 radical (unpaired) electrons. The third kappa shape index (κ3) is 2.98. The van der Waals surface area contributed by atoms with Crippen LogP contribution in [0, 0.1) is 11.8 Å². The monoisotopic (exact) mass is 197 g/mol. The highest BCUT2D eigenvalue weighted by Gasteiger charge is 2.35. The maximum Gasteiger partial charge on any atom is 0.0204 e. The summed E-state index contributed by atoms with van der Waals surface area (Å²) in [6, 6.07) is 0. The van der Waals surface area contributed by atoms with E-state index in [1.54, 1.807) is 0 Å². The average Bonchev–Trinajstić information content (AvgIpc) is 2.53. The van der Waals surface area contributed by atoms with Gasteiger partial charge in [0.1, 0.15) is 0 Å². The van der Waals surface area contributed by atoms with Gasteiger partial charge in [0, 0.05) is 5.54 Å². The van der Waals surface area contributed by atoms with Gasteiger partial charge < -0.3 is 5.32 Å². The van der Waals surface area contributed by atoms with Crippen LogP contribution in [0.4, 0.5) is 0 Å². The van der Waals surface area contributed by atoms with Crippen LogP contribution in [0.3, 0.4) is 0 Å². The molecule has 1 heteroatoms. The van der Waals surface area contributed by atoms with Crippen LogP contribution in [-0.2, 0) is 0 Å². The van der Waals surface area contributed by atoms with Crippen LogP contribution in [0.1, 0.15) is 59.8 Å². The third-order valence-electron chi connectivity index (χ3n) is 3.79. The van der Waals surface area contributed by atoms with Gasteiger partial charge in [0.15, 0.2) is 0 Å². The molecule has 14 heavy (non-hydrogen) atoms. The Balaban J connectivity index is 2.36. The summed E-state index contributed by atoms with van der Waals surface area (Å²) in [4.78, 5) is 0. The summed E-state index contributed by atoms with van der Waals surface area (Å²) in [5.74, 6) is 1.65. The minimum Gasteiger partial charge on any atom is -0.311 e. The van der Waals surface area contributed by atoms with Gasteiger partial charge in [-0.1, -0.05) is 40.5 Å². The number of nitrogens with one attached hydrogen (secondary N) is 1. The topological polar surface area (TPSA) is 12.0 Å². The summed E-state index contributed by atoms with van der Waals surface area (Å²) in [5.41, 5.74) is 0.481. The molecule has 1 heterocycles. The molecular formula is C13H27N. The Morgan fingerprint density at radius 2 is 1.93 bits per heavy atom. The lowest BCUT2D eigenvalue weighted by atomic mass is 9.80. The van der Waals surface area contributed by atoms with E-state index in [1.165, 1.54) is 38.6 Å². The van der Waals surface area contributed by atoms with Gasteiger partial charge in [-0.15, -0.1) is 0 Å². The van der Waals surface area contributed by atoms with Gasteiger partial charge in [0.25, 0.3) is 0 Å². The lowest BCUT2D eigenvalue weighted by molar-refractivity contribution is 0.241. The molecule has 1 aliphatic heterocycles. The summed E-state index contributed by atoms with van der Waals surface area (Å²) < 4.78 is 0. The fraction of sp³-hybridized carbons (Fsp3) is 1.00. The quantitative estimate of drug-likeness (QED) is 0.710. The Hall–Kier alpha value is -0.0400. The molecule has 1 fully saturated rings. The predicted octanol–water partition coefficient (Wildman–Crippen LogP) is 3.59. The molecule has 1 atom stereocenters. The van der Waals surface area contributed by atoms with Crippen LogP contribution in [0.2, 0.25) is 0 Å². The number of rotatable bonds is 5. The van der Waals surface area contributed by atoms with Crippen molar-refractivity contribution in [2.45, 2.75) is 65.3 Å². The lowest BCUT2D eigenvalue weighted by Gasteiger charge is -2.34. The zero-order valence-corrected chi connectivity index (χ0v) is 10.4. The minimum atomic E-state index is 0.481. The molecule has 84 valence electrons. The van der Waals surface area contributed by atoms with Crippen LogP contribution in [0.25, 0.3) is 0 Å². The zero-order chi connectivity index (χ0) is 10.6. The lowest BCUT2D eigenvalue weighted by Crippen LogP contribution is -2.44. The summed E-state index contributed by atoms with van der Waals surface area (Å²) in [7, 11) is 0. The van der Waals surface area contributed by atoms with Crippen molar-refractivity contribution in [3.05, 3.63) is 0 Å². The van der Waals surface area contributed by atoms with Gasteiger partial charge in [-0.2, -0.15) is 0 Å². The Morgan fingerprint density at radius 1 is 1.21 bits per heavy atom. The fourth-order valence-corrected chi connectivity index (χ4v) is 2.65. The van der Waals surface area contributed by atoms with E-state index >= 15 is 0 Å². The number of hydrogen-bond acceptors (Lipinski definition) is 1. The van der Waals surface area contributed by atoms with Gasteiger partial charge >= 0.3 is 0 Å². The molecule has 0 bridgehead atoms. The molecule has 0 spiro atoms. The zero-order valence-electron chi connectivity index (χ0n) is 10.4. The predicted molar refractivity (Wildman–Crippen MR) is 63.5 cm³/mol. The molecular weight excluding hydrogens is 170 g/mol. The second-order valence-corrected chi connectivity index (χ2v) is 5.63. The second-order valence-electron chi connectivity index (χ2n) is 5.63. The SMILES string of the molecule is CC(C)CCCC1(C(C)C)CCCN1. The molecule has 1 saturated heterocycles. The highest BCUT2D eigenvalue weighted by Crippen LogP contribution is 2.32. The molecule has 0 aromatic carbocycles. The van der Waals surface area contributed by atoms with Crippen LogP contribution < -0.4 is 5.32 Å². The third-order valence-corrected chi connectivity index (χ3v) is 3.79. The molecule has 1 N–H and O–H groups in total. The highest BCUT2D eigenvalue weighted by atomic mass is 15.0. The van der Waals surface area contributed by atoms with Crippen molar-refractivity contribution in [3.63, 3.8) is 0 Å². The average molecular weight is 197 g/mol. The Kier molecular flexibility index (Phi) is 4.43. The first-order valence-corrected chi connectivity index (χ1v) is 6.32. The van der Waals surface area contributed by atoms with Gasteiger partial charge in [-0.05, 0) is 37.6 Å². The van der Waals surface area contributed by atoms with Crippen molar-refractivity contribution in [1.29, 1.82) is 0 Å². The van der Waals surface area contributed by atoms with E-state index in [9.17, 15) is 0 Å². The van der Waals surface area contributed by atoms with E-state index in [1.807, 2.05) is 0 Å². The van der Waals surface area contributed by atoms with E-state index in [-0.39, 0.29) is 0 Å². The van der Waals surface area contributed by atoms with Crippen LogP contribution in [-0.4, -0.2) is 12.1 Å². The molecule has 0 aromatic rings. The van der Waals surface area contributed by atoms with Crippen molar-refractivity contribution >= 4 is 0 Å². The summed E-state index contributed by atoms with van der Waals surface area (Å²) in [6.45, 7) is 10.6. The first-order valence-electron chi connectivity index (χ1n) is 6.32. The van der Waals surface area contributed by atoms with Crippen LogP contribution in [0.15, 0.2) is 0 Å². The number of hydrogen-bond donors (Lipinski definition) is 1. The minimum absolute atomic E-state index is 0.481. The van der Waals surface area contributed by atoms with Crippen molar-refractivity contribution in [2.24, 2.45) is 11.8 Å². The molecule has 0 aliphatic carbocycles. The van der Waals surface area contributed by atoms with Gasteiger partial charge in [-0.3, -0.25) is 0 Å². The molecule has 0 amide bonds. The summed E-state index contributed by atoms with van der Waals surface area (Å²) in [5, 5.41) is 3.74. The maximum atomic E-state index is 3.74. The second kappa shape index (κ2) is 5.16. The Morgan fingerprint density at radius 3 is 2.36 bits per heavy atom. The van der Waals surface area contributed by atoms with Crippen LogP contribution in [0.5, 0.6) is 0 Å². The van der Waals surface area contributed by atoms with Gasteiger partial charge in [0.05, 0.1) is 0 Å². The largest absolute Gasteiger partial charge is 0.311 e. The van der Waals surface area contributed by atoms with E-state index in [0.29, 0.717) is 5.54 Å². The molecule has 1 unspecified atom stereocenters. The molecule has 1 rings (SSSR count). The Bertz CT molecular complexity index is 155. The van der Waals surface area contributed by atoms with Crippen LogP contribution >= 0.6 is 0 Å². The summed E-state index contributed by atoms with van der Waals surface area (Å²) in [6.07, 6.45) is 6.92. The van der Waals surface area contributed by atoms with Crippen molar-refractivity contribution in [3.8, 4) is 0 Å². The van der Waals surface area contributed by atoms with Crippen molar-refractivity contribution in [2.75, 3.05) is 6.54 Å². The normalized spacial score (nSPS) is 27.9. The Labute approximate surface area is 89.7 Å². The molecule has 1 aliphatic rings. The van der Waals surface area contributed by atoms with Crippen molar-refractivity contribution in [1.82, 2.24) is 5.32 Å². The highest BCUT2D eigenvalue weighted by molar-refractivity contribution is 4.95. The first-order chi connectivity index (χ1) is 6.57. The van der Waals surface area contributed by atoms with Gasteiger partial charge in [-0.25, -0.2) is 0 Å². The van der Waals surface area contributed by atoms with Gasteiger partial charge in [0.2, 0.25) is 0 Å². The molecule has 0 saturated carbocycles. The van der Waals surface area contributed by atoms with E-state index in [0.717, 1.165) is 11.8 Å². The summed E-state index contributed by atoms with van der Waals surface area (Å²) >= 11 is 0. The molecule has 1 nitrogen and oxygen atoms in total. The maximum absolute atomic E-state index is 3.74. The first kappa shape index (κ1) is 12.0. The fourth-order valence-electron chi connectivity index (χ4n) is 2.65. The smallest absolute Gasteiger partial charge is 0.0204 e. The standard InChI is InChI=1S/C13H27N/c1-11(2)7-5-8-13(12(3)4)9-6-10-14-13/h11-12,14H,5-10H2,1-4H3. The van der Waals surface area contributed by atoms with E-state index in [2.05, 4.69) is 33.0 Å². The van der Waals surface area contributed by atoms with E-state index in [4.69, 9.17) is 0 Å². The van der Waals surface area contributed by atoms with Crippen molar-refractivity contribution < 1.29 is 0 Å². The van der Waals surface area contributed by atoms with E-state index < -0.39 is 0 Å².